The van der Waals surface area contributed by atoms with Gasteiger partial charge in [-0.1, -0.05) is 48.5 Å². The van der Waals surface area contributed by atoms with Crippen LogP contribution in [0.4, 0.5) is 5.82 Å². The van der Waals surface area contributed by atoms with Gasteiger partial charge in [-0.3, -0.25) is 14.2 Å². The number of aryl methyl sites for hydroxylation is 1. The number of hydrogen-bond donors (Lipinski definition) is 1. The van der Waals surface area contributed by atoms with Crippen molar-refractivity contribution in [2.24, 2.45) is 0 Å². The summed E-state index contributed by atoms with van der Waals surface area (Å²) in [6.45, 7) is 1.21. The van der Waals surface area contributed by atoms with E-state index in [1.54, 1.807) is 0 Å². The number of aromatic nitrogens is 4. The van der Waals surface area contributed by atoms with Gasteiger partial charge in [0.15, 0.2) is 5.82 Å². The molecule has 0 saturated carbocycles. The first-order valence-electron chi connectivity index (χ1n) is 8.56. The molecule has 0 saturated heterocycles. The van der Waals surface area contributed by atoms with E-state index in [0.717, 1.165) is 10.9 Å². The minimum atomic E-state index is -0.0745. The molecule has 1 N–H and O–H groups in total. The molecule has 0 spiro atoms. The monoisotopic (exact) mass is 345 g/mol. The van der Waals surface area contributed by atoms with Crippen LogP contribution in [0, 0.1) is 0 Å². The van der Waals surface area contributed by atoms with Crippen molar-refractivity contribution in [1.82, 2.24) is 19.6 Å². The van der Waals surface area contributed by atoms with Gasteiger partial charge in [0, 0.05) is 24.1 Å². The number of rotatable bonds is 6. The molecule has 0 atom stereocenters. The lowest BCUT2D eigenvalue weighted by Gasteiger charge is -2.04. The van der Waals surface area contributed by atoms with Crippen molar-refractivity contribution in [1.29, 1.82) is 0 Å². The third-order valence-corrected chi connectivity index (χ3v) is 4.20. The molecule has 2 heterocycles. The van der Waals surface area contributed by atoms with Gasteiger partial charge in [0.25, 0.3) is 0 Å². The smallest absolute Gasteiger partial charge is 0.227 e. The lowest BCUT2D eigenvalue weighted by Crippen LogP contribution is -2.15. The lowest BCUT2D eigenvalue weighted by molar-refractivity contribution is -0.116. The Morgan fingerprint density at radius 1 is 1.00 bits per heavy atom. The van der Waals surface area contributed by atoms with Gasteiger partial charge in [-0.2, -0.15) is 10.2 Å². The number of carbonyl (C=O) groups is 1. The molecule has 0 aliphatic rings. The average Bonchev–Trinajstić information content (AvgIpc) is 3.28. The summed E-state index contributed by atoms with van der Waals surface area (Å²) in [6, 6.07) is 19.9. The maximum atomic E-state index is 12.2. The van der Waals surface area contributed by atoms with Gasteiger partial charge < -0.3 is 5.32 Å². The van der Waals surface area contributed by atoms with Gasteiger partial charge in [0.2, 0.25) is 5.91 Å². The van der Waals surface area contributed by atoms with Crippen LogP contribution in [-0.4, -0.2) is 25.5 Å². The van der Waals surface area contributed by atoms with Crippen LogP contribution in [-0.2, 0) is 17.9 Å². The highest BCUT2D eigenvalue weighted by Gasteiger charge is 2.08. The molecule has 6 heteroatoms. The predicted octanol–water partition coefficient (Wildman–Crippen LogP) is 3.31. The first kappa shape index (κ1) is 16.1. The number of fused-ring (bicyclic) bond motifs is 1. The minimum Gasteiger partial charge on any atom is -0.309 e. The maximum absolute atomic E-state index is 12.2. The van der Waals surface area contributed by atoms with E-state index in [1.165, 1.54) is 5.56 Å². The van der Waals surface area contributed by atoms with Crippen molar-refractivity contribution < 1.29 is 4.79 Å². The third-order valence-electron chi connectivity index (χ3n) is 4.20. The van der Waals surface area contributed by atoms with Gasteiger partial charge in [0.1, 0.15) is 0 Å². The normalized spacial score (nSPS) is 10.9. The molecule has 1 amide bonds. The molecule has 0 aliphatic heterocycles. The lowest BCUT2D eigenvalue weighted by atomic mass is 10.2. The number of carbonyl (C=O) groups excluding carboxylic acids is 1. The number of amides is 1. The van der Waals surface area contributed by atoms with Crippen molar-refractivity contribution >= 4 is 22.6 Å². The number of nitrogens with zero attached hydrogens (tertiary/aromatic N) is 4. The molecular formula is C20H19N5O. The fraction of sp³-hybridized carbons (Fsp3) is 0.150. The Balaban J connectivity index is 1.33. The van der Waals surface area contributed by atoms with E-state index < -0.39 is 0 Å². The van der Waals surface area contributed by atoms with Crippen LogP contribution in [0.2, 0.25) is 0 Å². The topological polar surface area (TPSA) is 64.7 Å². The van der Waals surface area contributed by atoms with Crippen molar-refractivity contribution in [2.45, 2.75) is 19.5 Å². The molecular weight excluding hydrogens is 326 g/mol. The van der Waals surface area contributed by atoms with Crippen molar-refractivity contribution in [3.05, 3.63) is 78.6 Å². The molecule has 2 aromatic carbocycles. The number of anilines is 1. The second-order valence-electron chi connectivity index (χ2n) is 6.11. The van der Waals surface area contributed by atoms with E-state index in [-0.39, 0.29) is 5.91 Å². The molecule has 4 rings (SSSR count). The first-order chi connectivity index (χ1) is 12.8. The van der Waals surface area contributed by atoms with Crippen molar-refractivity contribution in [3.63, 3.8) is 0 Å². The zero-order valence-electron chi connectivity index (χ0n) is 14.2. The number of para-hydroxylation sites is 1. The van der Waals surface area contributed by atoms with Crippen LogP contribution in [0.1, 0.15) is 12.0 Å². The summed E-state index contributed by atoms with van der Waals surface area (Å²) in [5.74, 6) is 0.491. The quantitative estimate of drug-likeness (QED) is 0.583. The van der Waals surface area contributed by atoms with Crippen LogP contribution < -0.4 is 5.32 Å². The van der Waals surface area contributed by atoms with E-state index in [9.17, 15) is 4.79 Å². The van der Waals surface area contributed by atoms with Gasteiger partial charge >= 0.3 is 0 Å². The fourth-order valence-electron chi connectivity index (χ4n) is 2.90. The number of nitrogens with one attached hydrogen (secondary N) is 1. The van der Waals surface area contributed by atoms with Crippen LogP contribution in [0.3, 0.4) is 0 Å². The van der Waals surface area contributed by atoms with E-state index >= 15 is 0 Å². The van der Waals surface area contributed by atoms with Crippen molar-refractivity contribution in [2.75, 3.05) is 5.32 Å². The SMILES string of the molecule is O=C(CCn1ncc2ccccc21)Nc1ccn(Cc2ccccc2)n1. The Kier molecular flexibility index (Phi) is 4.47. The molecule has 26 heavy (non-hydrogen) atoms. The minimum absolute atomic E-state index is 0.0745. The Morgan fingerprint density at radius 3 is 2.69 bits per heavy atom. The molecule has 0 aliphatic carbocycles. The predicted molar refractivity (Wildman–Crippen MR) is 101 cm³/mol. The maximum Gasteiger partial charge on any atom is 0.227 e. The summed E-state index contributed by atoms with van der Waals surface area (Å²) in [7, 11) is 0. The summed E-state index contributed by atoms with van der Waals surface area (Å²) in [6.07, 6.45) is 4.03. The second kappa shape index (κ2) is 7.23. The zero-order chi connectivity index (χ0) is 17.8. The van der Waals surface area contributed by atoms with Crippen LogP contribution in [0.25, 0.3) is 10.9 Å². The molecule has 130 valence electrons. The van der Waals surface area contributed by atoms with E-state index in [2.05, 4.69) is 15.5 Å². The third kappa shape index (κ3) is 3.64. The van der Waals surface area contributed by atoms with Gasteiger partial charge in [-0.15, -0.1) is 0 Å². The largest absolute Gasteiger partial charge is 0.309 e. The average molecular weight is 345 g/mol. The summed E-state index contributed by atoms with van der Waals surface area (Å²) >= 11 is 0. The standard InChI is InChI=1S/C20H19N5O/c26-20(11-13-25-18-9-5-4-8-17(18)14-21-25)22-19-10-12-24(23-19)15-16-6-2-1-3-7-16/h1-10,12,14H,11,13,15H2,(H,22,23,26). The summed E-state index contributed by atoms with van der Waals surface area (Å²) in [5.41, 5.74) is 2.20. The van der Waals surface area contributed by atoms with Crippen LogP contribution in [0.5, 0.6) is 0 Å². The molecule has 2 aromatic heterocycles. The first-order valence-corrected chi connectivity index (χ1v) is 8.56. The molecule has 6 nitrogen and oxygen atoms in total. The molecule has 4 aromatic rings. The summed E-state index contributed by atoms with van der Waals surface area (Å²) in [5, 5.41) is 12.7. The van der Waals surface area contributed by atoms with Crippen molar-refractivity contribution in [3.8, 4) is 0 Å². The summed E-state index contributed by atoms with van der Waals surface area (Å²) in [4.78, 5) is 12.2. The molecule has 0 unspecified atom stereocenters. The van der Waals surface area contributed by atoms with Crippen LogP contribution in [0.15, 0.2) is 73.1 Å². The molecule has 0 fully saturated rings. The highest BCUT2D eigenvalue weighted by atomic mass is 16.1. The van der Waals surface area contributed by atoms with Gasteiger partial charge in [-0.25, -0.2) is 0 Å². The zero-order valence-corrected chi connectivity index (χ0v) is 14.2. The fourth-order valence-corrected chi connectivity index (χ4v) is 2.90. The highest BCUT2D eigenvalue weighted by molar-refractivity contribution is 5.89. The van der Waals surface area contributed by atoms with E-state index in [4.69, 9.17) is 0 Å². The van der Waals surface area contributed by atoms with E-state index in [1.807, 2.05) is 82.4 Å². The number of hydrogen-bond acceptors (Lipinski definition) is 3. The van der Waals surface area contributed by atoms with E-state index in [0.29, 0.717) is 25.3 Å². The Bertz CT molecular complexity index is 1020. The highest BCUT2D eigenvalue weighted by Crippen LogP contribution is 2.13. The van der Waals surface area contributed by atoms with Gasteiger partial charge in [0.05, 0.1) is 24.8 Å². The Hall–Kier alpha value is -3.41. The summed E-state index contributed by atoms with van der Waals surface area (Å²) < 4.78 is 3.66. The molecule has 0 bridgehead atoms. The molecule has 0 radical (unpaired) electrons. The second-order valence-corrected chi connectivity index (χ2v) is 6.11. The van der Waals surface area contributed by atoms with Crippen LogP contribution >= 0.6 is 0 Å². The number of benzene rings is 2. The Labute approximate surface area is 151 Å². The Morgan fingerprint density at radius 2 is 1.81 bits per heavy atom. The van der Waals surface area contributed by atoms with Gasteiger partial charge in [-0.05, 0) is 11.6 Å².